The molecule has 0 atom stereocenters. The van der Waals surface area contributed by atoms with Crippen LogP contribution in [0, 0.1) is 0 Å². The first-order valence-electron chi connectivity index (χ1n) is 6.85. The molecular weight excluding hydrogens is 252 g/mol. The summed E-state index contributed by atoms with van der Waals surface area (Å²) in [5.41, 5.74) is 3.16. The fourth-order valence-corrected chi connectivity index (χ4v) is 2.45. The minimum atomic E-state index is 0.223. The lowest BCUT2D eigenvalue weighted by Crippen LogP contribution is -2.23. The van der Waals surface area contributed by atoms with Crippen LogP contribution in [0.1, 0.15) is 18.5 Å². The van der Waals surface area contributed by atoms with Crippen molar-refractivity contribution in [1.29, 1.82) is 0 Å². The Labute approximate surface area is 118 Å². The Bertz CT molecular complexity index is 603. The number of aromatic nitrogens is 2. The highest BCUT2D eigenvalue weighted by molar-refractivity contribution is 5.95. The van der Waals surface area contributed by atoms with Gasteiger partial charge in [0.1, 0.15) is 0 Å². The lowest BCUT2D eigenvalue weighted by atomic mass is 10.2. The molecule has 20 heavy (non-hydrogen) atoms. The lowest BCUT2D eigenvalue weighted by Gasteiger charge is -2.16. The number of benzene rings is 1. The van der Waals surface area contributed by atoms with Crippen LogP contribution in [-0.2, 0) is 18.4 Å². The van der Waals surface area contributed by atoms with Gasteiger partial charge in [-0.05, 0) is 36.8 Å². The molecule has 0 unspecified atom stereocenters. The average Bonchev–Trinajstić information content (AvgIpc) is 3.06. The Kier molecular flexibility index (Phi) is 3.41. The molecule has 1 fully saturated rings. The van der Waals surface area contributed by atoms with Crippen LogP contribution >= 0.6 is 0 Å². The highest BCUT2D eigenvalue weighted by Gasteiger charge is 2.21. The number of carbonyl (C=O) groups is 1. The molecule has 1 amide bonds. The van der Waals surface area contributed by atoms with Crippen LogP contribution in [0.15, 0.2) is 36.5 Å². The van der Waals surface area contributed by atoms with Crippen molar-refractivity contribution in [3.63, 3.8) is 0 Å². The number of nitrogens with one attached hydrogen (secondary N) is 1. The van der Waals surface area contributed by atoms with Crippen molar-refractivity contribution in [2.75, 3.05) is 16.8 Å². The summed E-state index contributed by atoms with van der Waals surface area (Å²) in [6.07, 6.45) is 3.42. The predicted octanol–water partition coefficient (Wildman–Crippen LogP) is 2.16. The molecule has 0 spiro atoms. The van der Waals surface area contributed by atoms with E-state index in [1.165, 1.54) is 0 Å². The van der Waals surface area contributed by atoms with E-state index in [0.717, 1.165) is 36.6 Å². The van der Waals surface area contributed by atoms with E-state index in [-0.39, 0.29) is 5.91 Å². The Balaban J connectivity index is 1.64. The van der Waals surface area contributed by atoms with Gasteiger partial charge in [-0.15, -0.1) is 0 Å². The summed E-state index contributed by atoms with van der Waals surface area (Å²) in [5, 5.41) is 7.49. The molecular formula is C15H18N4O. The molecule has 1 N–H and O–H groups in total. The third-order valence-electron chi connectivity index (χ3n) is 3.65. The minimum Gasteiger partial charge on any atom is -0.379 e. The summed E-state index contributed by atoms with van der Waals surface area (Å²) in [4.78, 5) is 13.5. The second kappa shape index (κ2) is 5.36. The average molecular weight is 270 g/mol. The van der Waals surface area contributed by atoms with Crippen molar-refractivity contribution in [2.45, 2.75) is 19.4 Å². The van der Waals surface area contributed by atoms with Crippen LogP contribution in [0.4, 0.5) is 11.4 Å². The Morgan fingerprint density at radius 3 is 2.65 bits per heavy atom. The van der Waals surface area contributed by atoms with Crippen molar-refractivity contribution >= 4 is 17.3 Å². The van der Waals surface area contributed by atoms with Gasteiger partial charge in [0, 0.05) is 37.6 Å². The molecule has 1 aromatic carbocycles. The van der Waals surface area contributed by atoms with Crippen LogP contribution < -0.4 is 10.2 Å². The Morgan fingerprint density at radius 2 is 2.05 bits per heavy atom. The van der Waals surface area contributed by atoms with Gasteiger partial charge in [-0.2, -0.15) is 5.10 Å². The molecule has 1 aromatic heterocycles. The van der Waals surface area contributed by atoms with E-state index in [1.54, 1.807) is 6.20 Å². The third kappa shape index (κ3) is 2.52. The van der Waals surface area contributed by atoms with Gasteiger partial charge >= 0.3 is 0 Å². The summed E-state index contributed by atoms with van der Waals surface area (Å²) < 4.78 is 1.85. The molecule has 0 bridgehead atoms. The Morgan fingerprint density at radius 1 is 1.25 bits per heavy atom. The molecule has 5 nitrogen and oxygen atoms in total. The fraction of sp³-hybridized carbons (Fsp3) is 0.333. The van der Waals surface area contributed by atoms with E-state index in [9.17, 15) is 4.79 Å². The number of hydrogen-bond acceptors (Lipinski definition) is 3. The number of nitrogens with zero attached hydrogens (tertiary/aromatic N) is 3. The first kappa shape index (κ1) is 12.7. The number of carbonyl (C=O) groups excluding carboxylic acids is 1. The maximum Gasteiger partial charge on any atom is 0.227 e. The maximum absolute atomic E-state index is 11.7. The van der Waals surface area contributed by atoms with E-state index in [2.05, 4.69) is 10.4 Å². The van der Waals surface area contributed by atoms with Crippen molar-refractivity contribution in [3.8, 4) is 0 Å². The van der Waals surface area contributed by atoms with E-state index < -0.39 is 0 Å². The van der Waals surface area contributed by atoms with Gasteiger partial charge in [-0.25, -0.2) is 0 Å². The van der Waals surface area contributed by atoms with E-state index in [4.69, 9.17) is 0 Å². The molecule has 2 heterocycles. The number of anilines is 2. The topological polar surface area (TPSA) is 50.2 Å². The highest BCUT2D eigenvalue weighted by atomic mass is 16.2. The summed E-state index contributed by atoms with van der Waals surface area (Å²) in [6.45, 7) is 1.57. The fourth-order valence-electron chi connectivity index (χ4n) is 2.45. The quantitative estimate of drug-likeness (QED) is 0.926. The Hall–Kier alpha value is -2.30. The van der Waals surface area contributed by atoms with Gasteiger partial charge in [0.25, 0.3) is 0 Å². The molecule has 0 radical (unpaired) electrons. The number of amides is 1. The smallest absolute Gasteiger partial charge is 0.227 e. The highest BCUT2D eigenvalue weighted by Crippen LogP contribution is 2.23. The second-order valence-electron chi connectivity index (χ2n) is 5.00. The van der Waals surface area contributed by atoms with Crippen LogP contribution in [0.5, 0.6) is 0 Å². The maximum atomic E-state index is 11.7. The van der Waals surface area contributed by atoms with Crippen LogP contribution in [0.3, 0.4) is 0 Å². The number of rotatable bonds is 4. The minimum absolute atomic E-state index is 0.223. The third-order valence-corrected chi connectivity index (χ3v) is 3.65. The largest absolute Gasteiger partial charge is 0.379 e. The van der Waals surface area contributed by atoms with Gasteiger partial charge in [-0.3, -0.25) is 9.48 Å². The zero-order valence-electron chi connectivity index (χ0n) is 11.5. The molecule has 1 saturated heterocycles. The van der Waals surface area contributed by atoms with Crippen LogP contribution in [0.25, 0.3) is 0 Å². The molecule has 1 aliphatic heterocycles. The molecule has 2 aromatic rings. The van der Waals surface area contributed by atoms with Gasteiger partial charge in [0.05, 0.1) is 12.2 Å². The molecule has 3 rings (SSSR count). The summed E-state index contributed by atoms with van der Waals surface area (Å²) in [5.74, 6) is 0.223. The van der Waals surface area contributed by atoms with E-state index >= 15 is 0 Å². The van der Waals surface area contributed by atoms with Crippen molar-refractivity contribution in [1.82, 2.24) is 9.78 Å². The number of hydrogen-bond donors (Lipinski definition) is 1. The predicted molar refractivity (Wildman–Crippen MR) is 78.6 cm³/mol. The standard InChI is InChI=1S/C15H18N4O/c1-18-14(8-9-17-18)11-16-12-4-6-13(7-5-12)19-10-2-3-15(19)20/h4-9,16H,2-3,10-11H2,1H3. The summed E-state index contributed by atoms with van der Waals surface area (Å²) in [6, 6.07) is 10.0. The van der Waals surface area contributed by atoms with Gasteiger partial charge in [0.2, 0.25) is 5.91 Å². The number of aryl methyl sites for hydroxylation is 1. The summed E-state index contributed by atoms with van der Waals surface area (Å²) >= 11 is 0. The van der Waals surface area contributed by atoms with E-state index in [1.807, 2.05) is 47.0 Å². The monoisotopic (exact) mass is 270 g/mol. The normalized spacial score (nSPS) is 14.8. The molecule has 5 heteroatoms. The first-order chi connectivity index (χ1) is 9.74. The zero-order valence-corrected chi connectivity index (χ0v) is 11.5. The van der Waals surface area contributed by atoms with E-state index in [0.29, 0.717) is 6.42 Å². The van der Waals surface area contributed by atoms with Crippen LogP contribution in [-0.4, -0.2) is 22.2 Å². The van der Waals surface area contributed by atoms with Crippen molar-refractivity contribution < 1.29 is 4.79 Å². The van der Waals surface area contributed by atoms with Gasteiger partial charge in [0.15, 0.2) is 0 Å². The molecule has 104 valence electrons. The van der Waals surface area contributed by atoms with Crippen LogP contribution in [0.2, 0.25) is 0 Å². The molecule has 0 saturated carbocycles. The molecule has 1 aliphatic rings. The SMILES string of the molecule is Cn1nccc1CNc1ccc(N2CCCC2=O)cc1. The first-order valence-corrected chi connectivity index (χ1v) is 6.85. The van der Waals surface area contributed by atoms with Crippen molar-refractivity contribution in [3.05, 3.63) is 42.2 Å². The second-order valence-corrected chi connectivity index (χ2v) is 5.00. The summed E-state index contributed by atoms with van der Waals surface area (Å²) in [7, 11) is 1.93. The van der Waals surface area contributed by atoms with Crippen molar-refractivity contribution in [2.24, 2.45) is 7.05 Å². The molecule has 0 aliphatic carbocycles. The van der Waals surface area contributed by atoms with Gasteiger partial charge in [-0.1, -0.05) is 0 Å². The lowest BCUT2D eigenvalue weighted by molar-refractivity contribution is -0.117. The van der Waals surface area contributed by atoms with Gasteiger partial charge < -0.3 is 10.2 Å². The zero-order chi connectivity index (χ0) is 13.9.